The molecule has 122 valence electrons. The highest BCUT2D eigenvalue weighted by Crippen LogP contribution is 2.19. The Morgan fingerprint density at radius 1 is 1.12 bits per heavy atom. The van der Waals surface area contributed by atoms with E-state index >= 15 is 0 Å². The van der Waals surface area contributed by atoms with Gasteiger partial charge >= 0.3 is 6.03 Å². The quantitative estimate of drug-likeness (QED) is 0.670. The molecule has 0 aliphatic carbocycles. The van der Waals surface area contributed by atoms with Crippen molar-refractivity contribution >= 4 is 11.7 Å². The number of urea groups is 1. The highest BCUT2D eigenvalue weighted by atomic mass is 16.3. The second kappa shape index (κ2) is 7.38. The maximum Gasteiger partial charge on any atom is 0.319 e. The van der Waals surface area contributed by atoms with Gasteiger partial charge in [-0.05, 0) is 42.0 Å². The van der Waals surface area contributed by atoms with E-state index in [0.717, 1.165) is 5.56 Å². The van der Waals surface area contributed by atoms with Gasteiger partial charge in [0.15, 0.2) is 0 Å². The van der Waals surface area contributed by atoms with Crippen LogP contribution in [0.5, 0.6) is 0 Å². The number of anilines is 1. The molecule has 0 spiro atoms. The first-order valence-electron chi connectivity index (χ1n) is 7.35. The molecule has 7 nitrogen and oxygen atoms in total. The normalized spacial score (nSPS) is 11.7. The van der Waals surface area contributed by atoms with Crippen molar-refractivity contribution in [3.05, 3.63) is 66.8 Å². The summed E-state index contributed by atoms with van der Waals surface area (Å²) in [5.74, 6) is 0.520. The van der Waals surface area contributed by atoms with E-state index in [0.29, 0.717) is 17.1 Å². The number of nitrogens with zero attached hydrogens (tertiary/aromatic N) is 2. The van der Waals surface area contributed by atoms with E-state index in [2.05, 4.69) is 20.6 Å². The number of rotatable bonds is 5. The summed E-state index contributed by atoms with van der Waals surface area (Å²) in [5.41, 5.74) is 2.14. The Hall–Kier alpha value is -3.19. The van der Waals surface area contributed by atoms with Gasteiger partial charge in [0.05, 0.1) is 12.3 Å². The van der Waals surface area contributed by atoms with Crippen LogP contribution in [0.25, 0.3) is 11.5 Å². The van der Waals surface area contributed by atoms with Crippen molar-refractivity contribution in [2.75, 3.05) is 11.9 Å². The molecule has 2 amide bonds. The fourth-order valence-electron chi connectivity index (χ4n) is 2.13. The molecular formula is C17H16N4O3. The molecule has 7 heteroatoms. The molecule has 2 heterocycles. The molecule has 0 saturated heterocycles. The average molecular weight is 324 g/mol. The Labute approximate surface area is 138 Å². The van der Waals surface area contributed by atoms with Crippen LogP contribution in [0.4, 0.5) is 10.5 Å². The van der Waals surface area contributed by atoms with Gasteiger partial charge in [-0.3, -0.25) is 4.98 Å². The third-order valence-corrected chi connectivity index (χ3v) is 3.37. The number of oxazole rings is 1. The van der Waals surface area contributed by atoms with Crippen molar-refractivity contribution in [3.63, 3.8) is 0 Å². The molecule has 1 unspecified atom stereocenters. The van der Waals surface area contributed by atoms with Crippen LogP contribution in [-0.2, 0) is 0 Å². The van der Waals surface area contributed by atoms with Gasteiger partial charge in [0.1, 0.15) is 6.26 Å². The summed E-state index contributed by atoms with van der Waals surface area (Å²) in [6.45, 7) is 0.101. The van der Waals surface area contributed by atoms with Crippen molar-refractivity contribution in [2.24, 2.45) is 0 Å². The number of aromatic nitrogens is 2. The summed E-state index contributed by atoms with van der Waals surface area (Å²) in [7, 11) is 0. The van der Waals surface area contributed by atoms with Gasteiger partial charge in [0.2, 0.25) is 5.89 Å². The van der Waals surface area contributed by atoms with Crippen LogP contribution in [0, 0.1) is 0 Å². The minimum Gasteiger partial charge on any atom is -0.445 e. The number of pyridine rings is 1. The smallest absolute Gasteiger partial charge is 0.319 e. The second-order valence-corrected chi connectivity index (χ2v) is 5.05. The van der Waals surface area contributed by atoms with E-state index in [-0.39, 0.29) is 6.54 Å². The lowest BCUT2D eigenvalue weighted by Gasteiger charge is -2.12. The van der Waals surface area contributed by atoms with E-state index in [1.54, 1.807) is 55.0 Å². The standard InChI is InChI=1S/C17H16N4O3/c22-15(12-5-7-18-8-6-12)11-20-17(23)21-14-3-1-13(2-4-14)16-19-9-10-24-16/h1-10,15,22H,11H2,(H2,20,21,23). The van der Waals surface area contributed by atoms with Crippen LogP contribution in [0.1, 0.15) is 11.7 Å². The summed E-state index contributed by atoms with van der Waals surface area (Å²) < 4.78 is 5.20. The molecule has 1 atom stereocenters. The molecule has 0 aliphatic heterocycles. The fraction of sp³-hybridized carbons (Fsp3) is 0.118. The molecule has 3 rings (SSSR count). The molecule has 0 saturated carbocycles. The van der Waals surface area contributed by atoms with Crippen LogP contribution >= 0.6 is 0 Å². The molecule has 1 aromatic carbocycles. The lowest BCUT2D eigenvalue weighted by atomic mass is 10.1. The van der Waals surface area contributed by atoms with E-state index in [1.807, 2.05) is 0 Å². The second-order valence-electron chi connectivity index (χ2n) is 5.05. The Balaban J connectivity index is 1.51. The lowest BCUT2D eigenvalue weighted by Crippen LogP contribution is -2.32. The zero-order valence-corrected chi connectivity index (χ0v) is 12.7. The third-order valence-electron chi connectivity index (χ3n) is 3.37. The lowest BCUT2D eigenvalue weighted by molar-refractivity contribution is 0.175. The van der Waals surface area contributed by atoms with Crippen LogP contribution in [0.15, 0.2) is 65.7 Å². The van der Waals surface area contributed by atoms with Crippen LogP contribution in [0.3, 0.4) is 0 Å². The number of carbonyl (C=O) groups is 1. The number of nitrogens with one attached hydrogen (secondary N) is 2. The molecule has 24 heavy (non-hydrogen) atoms. The van der Waals surface area contributed by atoms with Crippen LogP contribution in [0.2, 0.25) is 0 Å². The molecule has 3 aromatic rings. The molecule has 2 aromatic heterocycles. The zero-order chi connectivity index (χ0) is 16.8. The molecular weight excluding hydrogens is 308 g/mol. The first-order valence-corrected chi connectivity index (χ1v) is 7.35. The Morgan fingerprint density at radius 3 is 2.54 bits per heavy atom. The maximum absolute atomic E-state index is 11.9. The average Bonchev–Trinajstić information content (AvgIpc) is 3.16. The largest absolute Gasteiger partial charge is 0.445 e. The highest BCUT2D eigenvalue weighted by Gasteiger charge is 2.09. The Bertz CT molecular complexity index is 773. The first-order chi connectivity index (χ1) is 11.7. The number of benzene rings is 1. The summed E-state index contributed by atoms with van der Waals surface area (Å²) in [6.07, 6.45) is 5.47. The first kappa shape index (κ1) is 15.7. The minimum absolute atomic E-state index is 0.101. The predicted molar refractivity (Wildman–Crippen MR) is 88.2 cm³/mol. The van der Waals surface area contributed by atoms with Gasteiger partial charge in [0, 0.05) is 30.2 Å². The highest BCUT2D eigenvalue weighted by molar-refractivity contribution is 5.89. The van der Waals surface area contributed by atoms with E-state index in [4.69, 9.17) is 4.42 Å². The minimum atomic E-state index is -0.786. The van der Waals surface area contributed by atoms with Gasteiger partial charge in [-0.25, -0.2) is 9.78 Å². The Morgan fingerprint density at radius 2 is 1.88 bits per heavy atom. The molecule has 0 bridgehead atoms. The molecule has 0 radical (unpaired) electrons. The van der Waals surface area contributed by atoms with Gasteiger partial charge < -0.3 is 20.2 Å². The monoisotopic (exact) mass is 324 g/mol. The molecule has 0 aliphatic rings. The summed E-state index contributed by atoms with van der Waals surface area (Å²) >= 11 is 0. The Kier molecular flexibility index (Phi) is 4.83. The van der Waals surface area contributed by atoms with E-state index in [1.165, 1.54) is 6.26 Å². The topological polar surface area (TPSA) is 100 Å². The van der Waals surface area contributed by atoms with Gasteiger partial charge in [-0.1, -0.05) is 0 Å². The number of aliphatic hydroxyl groups is 1. The number of carbonyl (C=O) groups excluding carboxylic acids is 1. The number of hydrogen-bond acceptors (Lipinski definition) is 5. The van der Waals surface area contributed by atoms with E-state index in [9.17, 15) is 9.90 Å². The summed E-state index contributed by atoms with van der Waals surface area (Å²) in [6, 6.07) is 10.1. The van der Waals surface area contributed by atoms with Crippen LogP contribution in [-0.4, -0.2) is 27.7 Å². The van der Waals surface area contributed by atoms with Crippen molar-refractivity contribution in [2.45, 2.75) is 6.10 Å². The fourth-order valence-corrected chi connectivity index (χ4v) is 2.13. The SMILES string of the molecule is O=C(NCC(O)c1ccncc1)Nc1ccc(-c2ncco2)cc1. The van der Waals surface area contributed by atoms with Crippen molar-refractivity contribution < 1.29 is 14.3 Å². The maximum atomic E-state index is 11.9. The third kappa shape index (κ3) is 3.96. The van der Waals surface area contributed by atoms with Gasteiger partial charge in [-0.15, -0.1) is 0 Å². The van der Waals surface area contributed by atoms with E-state index < -0.39 is 12.1 Å². The zero-order valence-electron chi connectivity index (χ0n) is 12.7. The number of hydrogen-bond donors (Lipinski definition) is 3. The van der Waals surface area contributed by atoms with Gasteiger partial charge in [-0.2, -0.15) is 0 Å². The molecule has 3 N–H and O–H groups in total. The number of amides is 2. The van der Waals surface area contributed by atoms with Crippen molar-refractivity contribution in [1.29, 1.82) is 0 Å². The van der Waals surface area contributed by atoms with Gasteiger partial charge in [0.25, 0.3) is 0 Å². The summed E-state index contributed by atoms with van der Waals surface area (Å²) in [5, 5.41) is 15.3. The molecule has 0 fully saturated rings. The predicted octanol–water partition coefficient (Wildman–Crippen LogP) is 2.59. The van der Waals surface area contributed by atoms with Crippen LogP contribution < -0.4 is 10.6 Å². The summed E-state index contributed by atoms with van der Waals surface area (Å²) in [4.78, 5) is 19.8. The van der Waals surface area contributed by atoms with Crippen molar-refractivity contribution in [3.8, 4) is 11.5 Å². The number of aliphatic hydroxyl groups excluding tert-OH is 1. The van der Waals surface area contributed by atoms with Crippen molar-refractivity contribution in [1.82, 2.24) is 15.3 Å².